The van der Waals surface area contributed by atoms with Crippen molar-refractivity contribution in [1.29, 1.82) is 0 Å². The second-order valence-corrected chi connectivity index (χ2v) is 1.15. The van der Waals surface area contributed by atoms with Crippen molar-refractivity contribution in [3.05, 3.63) is 5.73 Å². The zero-order valence-corrected chi connectivity index (χ0v) is 7.96. The minimum atomic E-state index is 0. The van der Waals surface area contributed by atoms with Crippen molar-refractivity contribution >= 4 is 12.4 Å². The summed E-state index contributed by atoms with van der Waals surface area (Å²) in [4.78, 5) is 0. The molecule has 39 valence electrons. The van der Waals surface area contributed by atoms with Gasteiger partial charge in [0.15, 0.2) is 0 Å². The molecular formula is C3H9ClNTa-. The van der Waals surface area contributed by atoms with Gasteiger partial charge in [0, 0.05) is 22.4 Å². The molecule has 0 aliphatic rings. The van der Waals surface area contributed by atoms with Crippen LogP contribution in [0.4, 0.5) is 0 Å². The van der Waals surface area contributed by atoms with Crippen LogP contribution in [-0.4, -0.2) is 6.04 Å². The maximum Gasteiger partial charge on any atom is 0 e. The van der Waals surface area contributed by atoms with E-state index < -0.39 is 0 Å². The summed E-state index contributed by atoms with van der Waals surface area (Å²) < 4.78 is 0. The molecule has 0 spiro atoms. The van der Waals surface area contributed by atoms with E-state index >= 15 is 0 Å². The van der Waals surface area contributed by atoms with Gasteiger partial charge in [-0.25, -0.2) is 0 Å². The Hall–Kier alpha value is 0.990. The summed E-state index contributed by atoms with van der Waals surface area (Å²) in [6.45, 7) is 3.67. The van der Waals surface area contributed by atoms with E-state index in [1.165, 1.54) is 0 Å². The standard InChI is InChI=1S/C3H8N.ClH.Ta/c1-3(2)4;;/h3-4H,1-2H3;1H;/q-1;;. The second-order valence-electron chi connectivity index (χ2n) is 1.15. The van der Waals surface area contributed by atoms with E-state index in [0.717, 1.165) is 0 Å². The summed E-state index contributed by atoms with van der Waals surface area (Å²) in [6.07, 6.45) is 0. The third kappa shape index (κ3) is 81.0. The summed E-state index contributed by atoms with van der Waals surface area (Å²) in [5.74, 6) is 0. The number of halogens is 1. The fraction of sp³-hybridized carbons (Fsp3) is 1.00. The SMILES string of the molecule is CC(C)[NH-].Cl.[Ta]. The van der Waals surface area contributed by atoms with Gasteiger partial charge in [-0.15, -0.1) is 18.4 Å². The van der Waals surface area contributed by atoms with Crippen LogP contribution in [0.3, 0.4) is 0 Å². The summed E-state index contributed by atoms with van der Waals surface area (Å²) in [7, 11) is 0. The Morgan fingerprint density at radius 1 is 1.33 bits per heavy atom. The van der Waals surface area contributed by atoms with E-state index in [0.29, 0.717) is 0 Å². The quantitative estimate of drug-likeness (QED) is 0.644. The van der Waals surface area contributed by atoms with Gasteiger partial charge in [-0.2, -0.15) is 0 Å². The van der Waals surface area contributed by atoms with Crippen molar-refractivity contribution in [3.63, 3.8) is 0 Å². The van der Waals surface area contributed by atoms with Crippen molar-refractivity contribution in [2.24, 2.45) is 0 Å². The summed E-state index contributed by atoms with van der Waals surface area (Å²) in [5.41, 5.74) is 6.58. The predicted molar refractivity (Wildman–Crippen MR) is 26.7 cm³/mol. The smallest absolute Gasteiger partial charge is 0 e. The fourth-order valence-corrected chi connectivity index (χ4v) is 0. The van der Waals surface area contributed by atoms with Gasteiger partial charge < -0.3 is 5.73 Å². The molecule has 0 aliphatic heterocycles. The van der Waals surface area contributed by atoms with Gasteiger partial charge in [-0.1, -0.05) is 13.8 Å². The third-order valence-corrected chi connectivity index (χ3v) is 0. The van der Waals surface area contributed by atoms with Gasteiger partial charge in [0.2, 0.25) is 0 Å². The Morgan fingerprint density at radius 2 is 1.33 bits per heavy atom. The van der Waals surface area contributed by atoms with E-state index in [2.05, 4.69) is 0 Å². The summed E-state index contributed by atoms with van der Waals surface area (Å²) in [6, 6.07) is 0.0833. The van der Waals surface area contributed by atoms with Gasteiger partial charge >= 0.3 is 0 Å². The average molecular weight is 276 g/mol. The van der Waals surface area contributed by atoms with Gasteiger partial charge in [0.05, 0.1) is 0 Å². The van der Waals surface area contributed by atoms with Crippen LogP contribution in [0.1, 0.15) is 13.8 Å². The van der Waals surface area contributed by atoms with E-state index in [4.69, 9.17) is 5.73 Å². The molecule has 1 nitrogen and oxygen atoms in total. The molecule has 0 fully saturated rings. The van der Waals surface area contributed by atoms with Crippen molar-refractivity contribution in [1.82, 2.24) is 0 Å². The minimum Gasteiger partial charge on any atom is -0.675 e. The van der Waals surface area contributed by atoms with Crippen molar-refractivity contribution in [2.45, 2.75) is 19.9 Å². The van der Waals surface area contributed by atoms with E-state index in [1.54, 1.807) is 0 Å². The molecule has 6 heavy (non-hydrogen) atoms. The molecule has 0 unspecified atom stereocenters. The maximum absolute atomic E-state index is 6.58. The Balaban J connectivity index is -0.0000000450. The molecule has 3 heteroatoms. The zero-order valence-electron chi connectivity index (χ0n) is 3.93. The first-order valence-corrected chi connectivity index (χ1v) is 1.44. The van der Waals surface area contributed by atoms with E-state index in [-0.39, 0.29) is 40.8 Å². The Labute approximate surface area is 60.6 Å². The molecule has 1 N–H and O–H groups in total. The first-order valence-electron chi connectivity index (χ1n) is 1.44. The maximum atomic E-state index is 6.58. The predicted octanol–water partition coefficient (Wildman–Crippen LogP) is 1.87. The van der Waals surface area contributed by atoms with Gasteiger partial charge in [0.1, 0.15) is 0 Å². The second kappa shape index (κ2) is 9.37. The largest absolute Gasteiger partial charge is 0.675 e. The molecule has 0 aliphatic carbocycles. The average Bonchev–Trinajstić information content (AvgIpc) is 0.811. The van der Waals surface area contributed by atoms with Crippen LogP contribution in [0.2, 0.25) is 0 Å². The van der Waals surface area contributed by atoms with Crippen LogP contribution < -0.4 is 0 Å². The number of rotatable bonds is 0. The van der Waals surface area contributed by atoms with Crippen molar-refractivity contribution in [3.8, 4) is 0 Å². The Bertz CT molecular complexity index is 15.5. The number of hydrogen-bond acceptors (Lipinski definition) is 0. The topological polar surface area (TPSA) is 23.8 Å². The molecule has 0 aromatic heterocycles. The first-order chi connectivity index (χ1) is 1.73. The molecule has 0 saturated carbocycles. The molecule has 0 aromatic rings. The van der Waals surface area contributed by atoms with Crippen LogP contribution in [0.5, 0.6) is 0 Å². The van der Waals surface area contributed by atoms with Crippen LogP contribution >= 0.6 is 12.4 Å². The molecule has 0 amide bonds. The van der Waals surface area contributed by atoms with Gasteiger partial charge in [-0.05, 0) is 0 Å². The molecule has 0 atom stereocenters. The molecule has 0 rings (SSSR count). The van der Waals surface area contributed by atoms with Crippen LogP contribution in [0, 0.1) is 0 Å². The Morgan fingerprint density at radius 3 is 1.33 bits per heavy atom. The van der Waals surface area contributed by atoms with Gasteiger partial charge in [0.25, 0.3) is 0 Å². The fourth-order valence-electron chi connectivity index (χ4n) is 0. The van der Waals surface area contributed by atoms with Gasteiger partial charge in [-0.3, -0.25) is 0 Å². The Kier molecular flexibility index (Phi) is 24.6. The number of hydrogen-bond donors (Lipinski definition) is 0. The minimum absolute atomic E-state index is 0. The van der Waals surface area contributed by atoms with Crippen molar-refractivity contribution in [2.75, 3.05) is 0 Å². The van der Waals surface area contributed by atoms with E-state index in [1.807, 2.05) is 13.8 Å². The van der Waals surface area contributed by atoms with Crippen LogP contribution in [0.25, 0.3) is 5.73 Å². The monoisotopic (exact) mass is 275 g/mol. The molecular weight excluding hydrogens is 266 g/mol. The molecule has 0 bridgehead atoms. The molecule has 0 aromatic carbocycles. The van der Waals surface area contributed by atoms with E-state index in [9.17, 15) is 0 Å². The van der Waals surface area contributed by atoms with Crippen molar-refractivity contribution < 1.29 is 22.4 Å². The normalized spacial score (nSPS) is 6.00. The molecule has 1 radical (unpaired) electrons. The molecule has 0 heterocycles. The zero-order chi connectivity index (χ0) is 3.58. The summed E-state index contributed by atoms with van der Waals surface area (Å²) in [5, 5.41) is 0. The summed E-state index contributed by atoms with van der Waals surface area (Å²) >= 11 is 0. The molecule has 0 saturated heterocycles. The first kappa shape index (κ1) is 15.8. The van der Waals surface area contributed by atoms with Crippen LogP contribution in [0.15, 0.2) is 0 Å². The number of nitrogens with one attached hydrogen (secondary N) is 1. The third-order valence-electron chi connectivity index (χ3n) is 0. The van der Waals surface area contributed by atoms with Crippen LogP contribution in [-0.2, 0) is 22.4 Å².